The largest absolute Gasteiger partial charge is 0.367 e. The van der Waals surface area contributed by atoms with Crippen molar-refractivity contribution >= 4 is 10.1 Å². The lowest BCUT2D eigenvalue weighted by atomic mass is 10.1. The average molecular weight is 258 g/mol. The fourth-order valence-corrected chi connectivity index (χ4v) is 2.30. The molecule has 0 aliphatic heterocycles. The topological polar surface area (TPSA) is 63.6 Å². The maximum atomic E-state index is 11.8. The molecule has 96 valence electrons. The number of hydrogen-bond donors (Lipinski definition) is 1. The minimum Gasteiger partial charge on any atom is -0.367 e. The molecule has 0 spiro atoms. The lowest BCUT2D eigenvalue weighted by Gasteiger charge is -2.13. The third-order valence-electron chi connectivity index (χ3n) is 2.22. The molecule has 17 heavy (non-hydrogen) atoms. The summed E-state index contributed by atoms with van der Waals surface area (Å²) in [7, 11) is -3.87. The molecule has 1 unspecified atom stereocenters. The second-order valence-corrected chi connectivity index (χ2v) is 6.02. The molecule has 1 N–H and O–H groups in total. The van der Waals surface area contributed by atoms with Gasteiger partial charge in [0.15, 0.2) is 6.29 Å². The van der Waals surface area contributed by atoms with E-state index in [-0.39, 0.29) is 17.2 Å². The zero-order valence-electron chi connectivity index (χ0n) is 10.3. The predicted molar refractivity (Wildman–Crippen MR) is 64.9 cm³/mol. The Morgan fingerprint density at radius 2 is 1.76 bits per heavy atom. The third kappa shape index (κ3) is 4.46. The van der Waals surface area contributed by atoms with Crippen molar-refractivity contribution in [2.75, 3.05) is 0 Å². The normalized spacial score (nSPS) is 13.9. The Hall–Kier alpha value is -0.910. The molecule has 0 aromatic heterocycles. The minimum atomic E-state index is -3.87. The Morgan fingerprint density at radius 3 is 2.24 bits per heavy atom. The van der Waals surface area contributed by atoms with Crippen LogP contribution in [-0.4, -0.2) is 19.8 Å². The summed E-state index contributed by atoms with van der Waals surface area (Å²) in [5, 5.41) is 9.47. The van der Waals surface area contributed by atoms with E-state index in [0.29, 0.717) is 0 Å². The van der Waals surface area contributed by atoms with E-state index >= 15 is 0 Å². The highest BCUT2D eigenvalue weighted by molar-refractivity contribution is 7.86. The van der Waals surface area contributed by atoms with Crippen LogP contribution in [0.15, 0.2) is 29.2 Å². The third-order valence-corrected chi connectivity index (χ3v) is 3.55. The smallest absolute Gasteiger partial charge is 0.299 e. The van der Waals surface area contributed by atoms with Crippen molar-refractivity contribution in [3.05, 3.63) is 29.8 Å². The van der Waals surface area contributed by atoms with E-state index in [4.69, 9.17) is 4.18 Å². The standard InChI is InChI=1S/C12H18O4S/c1-9(2)8-12(13)16-17(14,15)11-6-4-10(3)5-7-11/h4-7,9,12-13H,8H2,1-3H3. The van der Waals surface area contributed by atoms with Gasteiger partial charge in [-0.25, -0.2) is 4.18 Å². The first-order chi connectivity index (χ1) is 7.81. The maximum Gasteiger partial charge on any atom is 0.299 e. The number of aryl methyl sites for hydroxylation is 1. The Bertz CT molecular complexity index is 448. The van der Waals surface area contributed by atoms with Crippen LogP contribution in [0.1, 0.15) is 25.8 Å². The Balaban J connectivity index is 2.78. The van der Waals surface area contributed by atoms with Gasteiger partial charge < -0.3 is 5.11 Å². The van der Waals surface area contributed by atoms with Crippen molar-refractivity contribution in [2.24, 2.45) is 5.92 Å². The molecule has 0 bridgehead atoms. The summed E-state index contributed by atoms with van der Waals surface area (Å²) in [5.41, 5.74) is 0.965. The Morgan fingerprint density at radius 1 is 1.24 bits per heavy atom. The van der Waals surface area contributed by atoms with Crippen LogP contribution in [0.25, 0.3) is 0 Å². The average Bonchev–Trinajstić information content (AvgIpc) is 2.15. The summed E-state index contributed by atoms with van der Waals surface area (Å²) in [6.07, 6.45) is -1.01. The van der Waals surface area contributed by atoms with Crippen LogP contribution in [0.5, 0.6) is 0 Å². The monoisotopic (exact) mass is 258 g/mol. The van der Waals surface area contributed by atoms with Gasteiger partial charge in [0.25, 0.3) is 10.1 Å². The lowest BCUT2D eigenvalue weighted by Crippen LogP contribution is -2.19. The highest BCUT2D eigenvalue weighted by atomic mass is 32.2. The first-order valence-corrected chi connectivity index (χ1v) is 6.90. The molecule has 1 rings (SSSR count). The van der Waals surface area contributed by atoms with Crippen LogP contribution in [0.3, 0.4) is 0 Å². The summed E-state index contributed by atoms with van der Waals surface area (Å²) in [5.74, 6) is 0.165. The second-order valence-electron chi connectivity index (χ2n) is 4.45. The van der Waals surface area contributed by atoms with Crippen LogP contribution in [0, 0.1) is 12.8 Å². The SMILES string of the molecule is Cc1ccc(S(=O)(=O)OC(O)CC(C)C)cc1. The molecule has 0 aliphatic rings. The van der Waals surface area contributed by atoms with Gasteiger partial charge in [-0.1, -0.05) is 31.5 Å². The van der Waals surface area contributed by atoms with E-state index in [1.165, 1.54) is 12.1 Å². The van der Waals surface area contributed by atoms with E-state index in [1.807, 2.05) is 20.8 Å². The van der Waals surface area contributed by atoms with Crippen molar-refractivity contribution < 1.29 is 17.7 Å². The van der Waals surface area contributed by atoms with Gasteiger partial charge in [-0.05, 0) is 25.0 Å². The summed E-state index contributed by atoms with van der Waals surface area (Å²) in [4.78, 5) is 0.0610. The van der Waals surface area contributed by atoms with Crippen molar-refractivity contribution in [1.82, 2.24) is 0 Å². The van der Waals surface area contributed by atoms with Crippen LogP contribution in [-0.2, 0) is 14.3 Å². The van der Waals surface area contributed by atoms with Crippen molar-refractivity contribution in [2.45, 2.75) is 38.4 Å². The second kappa shape index (κ2) is 5.62. The summed E-state index contributed by atoms with van der Waals surface area (Å²) in [6, 6.07) is 6.30. The van der Waals surface area contributed by atoms with Gasteiger partial charge in [0, 0.05) is 6.42 Å². The molecule has 0 saturated heterocycles. The van der Waals surface area contributed by atoms with Crippen LogP contribution < -0.4 is 0 Å². The highest BCUT2D eigenvalue weighted by Gasteiger charge is 2.20. The molecule has 1 aromatic carbocycles. The zero-order chi connectivity index (χ0) is 13.1. The molecule has 4 nitrogen and oxygen atoms in total. The number of aliphatic hydroxyl groups is 1. The molecular weight excluding hydrogens is 240 g/mol. The van der Waals surface area contributed by atoms with Crippen LogP contribution >= 0.6 is 0 Å². The molecular formula is C12H18O4S. The Labute approximate surface area is 102 Å². The van der Waals surface area contributed by atoms with E-state index in [1.54, 1.807) is 12.1 Å². The van der Waals surface area contributed by atoms with Crippen molar-refractivity contribution in [1.29, 1.82) is 0 Å². The molecule has 0 fully saturated rings. The number of benzene rings is 1. The summed E-state index contributed by atoms with van der Waals surface area (Å²) >= 11 is 0. The van der Waals surface area contributed by atoms with Gasteiger partial charge in [0.05, 0.1) is 4.90 Å². The Kier molecular flexibility index (Phi) is 4.68. The number of aliphatic hydroxyl groups excluding tert-OH is 1. The zero-order valence-corrected chi connectivity index (χ0v) is 11.1. The lowest BCUT2D eigenvalue weighted by molar-refractivity contribution is -0.0261. The van der Waals surface area contributed by atoms with Crippen molar-refractivity contribution in [3.8, 4) is 0 Å². The van der Waals surface area contributed by atoms with Gasteiger partial charge in [0.1, 0.15) is 0 Å². The number of rotatable bonds is 5. The predicted octanol–water partition coefficient (Wildman–Crippen LogP) is 2.06. The summed E-state index contributed by atoms with van der Waals surface area (Å²) in [6.45, 7) is 5.63. The molecule has 0 heterocycles. The van der Waals surface area contributed by atoms with E-state index < -0.39 is 16.4 Å². The van der Waals surface area contributed by atoms with Crippen LogP contribution in [0.4, 0.5) is 0 Å². The van der Waals surface area contributed by atoms with Gasteiger partial charge in [-0.3, -0.25) is 0 Å². The van der Waals surface area contributed by atoms with E-state index in [2.05, 4.69) is 0 Å². The van der Waals surface area contributed by atoms with Gasteiger partial charge in [-0.15, -0.1) is 0 Å². The van der Waals surface area contributed by atoms with Gasteiger partial charge in [-0.2, -0.15) is 8.42 Å². The highest BCUT2D eigenvalue weighted by Crippen LogP contribution is 2.17. The fourth-order valence-electron chi connectivity index (χ4n) is 1.35. The van der Waals surface area contributed by atoms with Gasteiger partial charge in [0.2, 0.25) is 0 Å². The molecule has 5 heteroatoms. The molecule has 1 aromatic rings. The van der Waals surface area contributed by atoms with Crippen LogP contribution in [0.2, 0.25) is 0 Å². The van der Waals surface area contributed by atoms with E-state index in [0.717, 1.165) is 5.56 Å². The molecule has 0 radical (unpaired) electrons. The summed E-state index contributed by atoms with van der Waals surface area (Å²) < 4.78 is 28.2. The first kappa shape index (κ1) is 14.2. The minimum absolute atomic E-state index is 0.0610. The fraction of sp³-hybridized carbons (Fsp3) is 0.500. The van der Waals surface area contributed by atoms with Crippen molar-refractivity contribution in [3.63, 3.8) is 0 Å². The van der Waals surface area contributed by atoms with Gasteiger partial charge >= 0.3 is 0 Å². The molecule has 0 aliphatic carbocycles. The maximum absolute atomic E-state index is 11.8. The molecule has 0 amide bonds. The van der Waals surface area contributed by atoms with E-state index in [9.17, 15) is 13.5 Å². The molecule has 1 atom stereocenters. The first-order valence-electron chi connectivity index (χ1n) is 5.49. The molecule has 0 saturated carbocycles. The number of hydrogen-bond acceptors (Lipinski definition) is 4. The quantitative estimate of drug-likeness (QED) is 0.648.